The molecule has 3 N–H and O–H groups in total. The molecule has 33 heavy (non-hydrogen) atoms. The number of nitrogens with zero attached hydrogens (tertiary/aromatic N) is 2. The lowest BCUT2D eigenvalue weighted by Crippen LogP contribution is -2.16. The number of aromatic amines is 2. The largest absolute Gasteiger partial charge is 0.488 e. The van der Waals surface area contributed by atoms with Crippen LogP contribution < -0.4 is 10.1 Å². The van der Waals surface area contributed by atoms with Crippen LogP contribution in [0.15, 0.2) is 72.8 Å². The zero-order chi connectivity index (χ0) is 22.2. The third-order valence-corrected chi connectivity index (χ3v) is 5.88. The Balaban J connectivity index is 1.17. The van der Waals surface area contributed by atoms with Gasteiger partial charge >= 0.3 is 0 Å². The van der Waals surface area contributed by atoms with E-state index in [0.29, 0.717) is 12.3 Å². The van der Waals surface area contributed by atoms with Gasteiger partial charge in [-0.3, -0.25) is 9.89 Å². The second kappa shape index (κ2) is 7.94. The number of rotatable bonds is 5. The average Bonchev–Trinajstić information content (AvgIpc) is 3.47. The quantitative estimate of drug-likeness (QED) is 0.367. The summed E-state index contributed by atoms with van der Waals surface area (Å²) >= 11 is 0. The number of ether oxygens (including phenoxy) is 1. The maximum Gasteiger partial charge on any atom is 0.274 e. The Kier molecular flexibility index (Phi) is 4.65. The molecule has 5 aromatic rings. The summed E-state index contributed by atoms with van der Waals surface area (Å²) in [6, 6.07) is 23.6. The average molecular weight is 435 g/mol. The van der Waals surface area contributed by atoms with Gasteiger partial charge in [0.25, 0.3) is 5.91 Å². The van der Waals surface area contributed by atoms with Gasteiger partial charge in [0.2, 0.25) is 0 Å². The van der Waals surface area contributed by atoms with Crippen LogP contribution in [0.25, 0.3) is 22.3 Å². The highest BCUT2D eigenvalue weighted by Gasteiger charge is 2.26. The lowest BCUT2D eigenvalue weighted by Gasteiger charge is -2.17. The summed E-state index contributed by atoms with van der Waals surface area (Å²) in [4.78, 5) is 21.0. The van der Waals surface area contributed by atoms with Gasteiger partial charge in [-0.2, -0.15) is 5.10 Å². The SMILES string of the molecule is O=C(Nc1cccc(CCc2nc3ccccc3[nH]2)c1)c1[nH]nc2c1COc1ccccc1-2. The molecule has 3 aromatic carbocycles. The van der Waals surface area contributed by atoms with Crippen LogP contribution in [0.5, 0.6) is 5.75 Å². The highest BCUT2D eigenvalue weighted by molar-refractivity contribution is 6.05. The fourth-order valence-corrected chi connectivity index (χ4v) is 4.24. The number of anilines is 1. The van der Waals surface area contributed by atoms with Crippen molar-refractivity contribution < 1.29 is 9.53 Å². The number of aryl methyl sites for hydroxylation is 2. The molecular formula is C26H21N5O2. The number of aromatic nitrogens is 4. The van der Waals surface area contributed by atoms with E-state index in [9.17, 15) is 4.79 Å². The Morgan fingerprint density at radius 1 is 1.00 bits per heavy atom. The molecule has 0 radical (unpaired) electrons. The normalized spacial score (nSPS) is 12.1. The second-order valence-corrected chi connectivity index (χ2v) is 8.07. The maximum atomic E-state index is 13.0. The van der Waals surface area contributed by atoms with Crippen LogP contribution in [-0.4, -0.2) is 26.1 Å². The van der Waals surface area contributed by atoms with Crippen molar-refractivity contribution in [2.24, 2.45) is 0 Å². The van der Waals surface area contributed by atoms with Crippen LogP contribution in [0.4, 0.5) is 5.69 Å². The highest BCUT2D eigenvalue weighted by atomic mass is 16.5. The van der Waals surface area contributed by atoms with Gasteiger partial charge in [-0.25, -0.2) is 4.98 Å². The molecule has 0 unspecified atom stereocenters. The van der Waals surface area contributed by atoms with Crippen LogP contribution in [0, 0.1) is 0 Å². The van der Waals surface area contributed by atoms with Crippen LogP contribution in [0.3, 0.4) is 0 Å². The summed E-state index contributed by atoms with van der Waals surface area (Å²) in [6.07, 6.45) is 1.60. The van der Waals surface area contributed by atoms with E-state index in [1.165, 1.54) is 0 Å². The van der Waals surface area contributed by atoms with Gasteiger partial charge in [0.15, 0.2) is 0 Å². The molecular weight excluding hydrogens is 414 g/mol. The van der Waals surface area contributed by atoms with Gasteiger partial charge in [0.1, 0.15) is 29.6 Å². The van der Waals surface area contributed by atoms with Gasteiger partial charge in [-0.15, -0.1) is 0 Å². The number of fused-ring (bicyclic) bond motifs is 4. The Labute approximate surface area is 189 Å². The molecule has 0 bridgehead atoms. The monoisotopic (exact) mass is 435 g/mol. The first-order valence-electron chi connectivity index (χ1n) is 10.9. The lowest BCUT2D eigenvalue weighted by molar-refractivity contribution is 0.102. The lowest BCUT2D eigenvalue weighted by atomic mass is 10.0. The molecule has 1 aliphatic rings. The van der Waals surface area contributed by atoms with Crippen molar-refractivity contribution in [1.82, 2.24) is 20.2 Å². The number of carbonyl (C=O) groups is 1. The highest BCUT2D eigenvalue weighted by Crippen LogP contribution is 2.37. The molecule has 1 aliphatic heterocycles. The van der Waals surface area contributed by atoms with Gasteiger partial charge in [-0.1, -0.05) is 36.4 Å². The summed E-state index contributed by atoms with van der Waals surface area (Å²) in [7, 11) is 0. The molecule has 2 aromatic heterocycles. The molecule has 0 saturated heterocycles. The molecule has 0 atom stereocenters. The van der Waals surface area contributed by atoms with Crippen LogP contribution in [-0.2, 0) is 19.4 Å². The van der Waals surface area contributed by atoms with Crippen molar-refractivity contribution >= 4 is 22.6 Å². The fraction of sp³-hybridized carbons (Fsp3) is 0.115. The minimum atomic E-state index is -0.235. The van der Waals surface area contributed by atoms with E-state index in [2.05, 4.69) is 31.5 Å². The first-order valence-corrected chi connectivity index (χ1v) is 10.9. The summed E-state index contributed by atoms with van der Waals surface area (Å²) in [6.45, 7) is 0.309. The minimum absolute atomic E-state index is 0.235. The van der Waals surface area contributed by atoms with Crippen LogP contribution >= 0.6 is 0 Å². The summed E-state index contributed by atoms with van der Waals surface area (Å²) in [5.41, 5.74) is 6.73. The van der Waals surface area contributed by atoms with Crippen molar-refractivity contribution in [2.45, 2.75) is 19.4 Å². The first-order chi connectivity index (χ1) is 16.2. The predicted octanol–water partition coefficient (Wildman–Crippen LogP) is 4.88. The Bertz CT molecular complexity index is 1450. The smallest absolute Gasteiger partial charge is 0.274 e. The van der Waals surface area contributed by atoms with Gasteiger partial charge in [-0.05, 0) is 48.4 Å². The number of para-hydroxylation sites is 3. The minimum Gasteiger partial charge on any atom is -0.488 e. The molecule has 7 nitrogen and oxygen atoms in total. The summed E-state index contributed by atoms with van der Waals surface area (Å²) in [5.74, 6) is 1.50. The number of imidazole rings is 1. The number of benzene rings is 3. The molecule has 0 fully saturated rings. The zero-order valence-corrected chi connectivity index (χ0v) is 17.8. The van der Waals surface area contributed by atoms with E-state index >= 15 is 0 Å². The molecule has 0 aliphatic carbocycles. The summed E-state index contributed by atoms with van der Waals surface area (Å²) in [5, 5.41) is 10.3. The molecule has 0 spiro atoms. The van der Waals surface area contributed by atoms with E-state index in [1.54, 1.807) is 0 Å². The summed E-state index contributed by atoms with van der Waals surface area (Å²) < 4.78 is 5.82. The van der Waals surface area contributed by atoms with E-state index in [1.807, 2.05) is 66.7 Å². The van der Waals surface area contributed by atoms with Gasteiger partial charge < -0.3 is 15.0 Å². The molecule has 6 rings (SSSR count). The molecule has 3 heterocycles. The van der Waals surface area contributed by atoms with Crippen molar-refractivity contribution in [3.63, 3.8) is 0 Å². The van der Waals surface area contributed by atoms with Gasteiger partial charge in [0.05, 0.1) is 11.0 Å². The number of hydrogen-bond donors (Lipinski definition) is 3. The number of carbonyl (C=O) groups excluding carboxylic acids is 1. The third-order valence-electron chi connectivity index (χ3n) is 5.88. The zero-order valence-electron chi connectivity index (χ0n) is 17.8. The van der Waals surface area contributed by atoms with E-state index < -0.39 is 0 Å². The number of nitrogens with one attached hydrogen (secondary N) is 3. The fourth-order valence-electron chi connectivity index (χ4n) is 4.24. The van der Waals surface area contributed by atoms with Crippen molar-refractivity contribution in [3.05, 3.63) is 95.4 Å². The molecule has 162 valence electrons. The predicted molar refractivity (Wildman–Crippen MR) is 126 cm³/mol. The van der Waals surface area contributed by atoms with Gasteiger partial charge in [0, 0.05) is 23.2 Å². The first kappa shape index (κ1) is 19.3. The van der Waals surface area contributed by atoms with Crippen LogP contribution in [0.1, 0.15) is 27.4 Å². The molecule has 0 saturated carbocycles. The van der Waals surface area contributed by atoms with Crippen molar-refractivity contribution in [1.29, 1.82) is 0 Å². The van der Waals surface area contributed by atoms with Crippen molar-refractivity contribution in [3.8, 4) is 17.0 Å². The second-order valence-electron chi connectivity index (χ2n) is 8.07. The Hall–Kier alpha value is -4.39. The Morgan fingerprint density at radius 3 is 2.82 bits per heavy atom. The molecule has 7 heteroatoms. The van der Waals surface area contributed by atoms with Crippen molar-refractivity contribution in [2.75, 3.05) is 5.32 Å². The standard InChI is InChI=1S/C26H21N5O2/c32-26(25-19-15-33-22-11-4-1-8-18(22)24(19)30-31-25)27-17-7-5-6-16(14-17)12-13-23-28-20-9-2-3-10-21(20)29-23/h1-11,14H,12-13,15H2,(H,27,32)(H,28,29)(H,30,31). The Morgan fingerprint density at radius 2 is 1.88 bits per heavy atom. The number of hydrogen-bond acceptors (Lipinski definition) is 4. The topological polar surface area (TPSA) is 95.7 Å². The number of amides is 1. The molecule has 1 amide bonds. The van der Waals surface area contributed by atoms with E-state index in [-0.39, 0.29) is 5.91 Å². The number of H-pyrrole nitrogens is 2. The van der Waals surface area contributed by atoms with E-state index in [4.69, 9.17) is 4.74 Å². The van der Waals surface area contributed by atoms with Crippen LogP contribution in [0.2, 0.25) is 0 Å². The maximum absolute atomic E-state index is 13.0. The third kappa shape index (κ3) is 3.63. The van der Waals surface area contributed by atoms with E-state index in [0.717, 1.165) is 63.5 Å².